The molecule has 0 fully saturated rings. The van der Waals surface area contributed by atoms with Gasteiger partial charge in [0.15, 0.2) is 5.96 Å². The Labute approximate surface area is 131 Å². The van der Waals surface area contributed by atoms with E-state index >= 15 is 0 Å². The van der Waals surface area contributed by atoms with Crippen molar-refractivity contribution in [1.29, 1.82) is 0 Å². The largest absolute Gasteiger partial charge is 0.416 e. The highest BCUT2D eigenvalue weighted by Gasteiger charge is 2.38. The molecule has 0 saturated heterocycles. The van der Waals surface area contributed by atoms with Crippen molar-refractivity contribution in [2.75, 3.05) is 13.2 Å². The van der Waals surface area contributed by atoms with E-state index in [0.29, 0.717) is 18.8 Å². The van der Waals surface area contributed by atoms with Gasteiger partial charge in [0.25, 0.3) is 0 Å². The van der Waals surface area contributed by atoms with E-state index in [-0.39, 0.29) is 11.9 Å². The number of guanidine groups is 1. The average molecular weight is 326 g/mol. The van der Waals surface area contributed by atoms with Gasteiger partial charge >= 0.3 is 6.18 Å². The molecule has 2 aliphatic heterocycles. The molecule has 5 N–H and O–H groups in total. The quantitative estimate of drug-likeness (QED) is 0.733. The fourth-order valence-electron chi connectivity index (χ4n) is 2.88. The number of aliphatic imine (C=N–C) groups is 1. The molecule has 8 heteroatoms. The maximum atomic E-state index is 12.7. The Morgan fingerprint density at radius 2 is 1.96 bits per heavy atom. The Morgan fingerprint density at radius 3 is 2.57 bits per heavy atom. The van der Waals surface area contributed by atoms with Crippen molar-refractivity contribution >= 4 is 5.96 Å². The summed E-state index contributed by atoms with van der Waals surface area (Å²) in [7, 11) is 0. The number of nitrogens with zero attached hydrogens (tertiary/aromatic N) is 1. The number of halogens is 3. The molecule has 0 aromatic heterocycles. The van der Waals surface area contributed by atoms with E-state index in [1.807, 2.05) is 0 Å². The lowest BCUT2D eigenvalue weighted by Gasteiger charge is -2.38. The highest BCUT2D eigenvalue weighted by Crippen LogP contribution is 2.36. The molecule has 2 aliphatic rings. The SMILES string of the molecule is CC1(N)N=C(N)NC2=C1COCC2c1ccc(C(F)(F)F)cc1. The molecule has 0 saturated carbocycles. The number of nitrogens with two attached hydrogens (primary N) is 2. The van der Waals surface area contributed by atoms with Crippen LogP contribution in [0.3, 0.4) is 0 Å². The summed E-state index contributed by atoms with van der Waals surface area (Å²) in [5, 5.41) is 2.99. The van der Waals surface area contributed by atoms with Crippen molar-refractivity contribution in [2.24, 2.45) is 16.5 Å². The second-order valence-corrected chi connectivity index (χ2v) is 5.85. The first-order chi connectivity index (χ1) is 10.7. The van der Waals surface area contributed by atoms with Crippen molar-refractivity contribution in [2.45, 2.75) is 24.7 Å². The summed E-state index contributed by atoms with van der Waals surface area (Å²) < 4.78 is 43.6. The smallest absolute Gasteiger partial charge is 0.376 e. The first-order valence-electron chi connectivity index (χ1n) is 7.08. The molecule has 23 heavy (non-hydrogen) atoms. The standard InChI is InChI=1S/C15H17F3N4O/c1-14(20)11-7-23-6-10(12(11)21-13(19)22-14)8-2-4-9(5-3-8)15(16,17)18/h2-5,10H,6-7,20H2,1H3,(H3,19,21,22). The molecule has 0 aliphatic carbocycles. The van der Waals surface area contributed by atoms with E-state index < -0.39 is 17.4 Å². The molecule has 2 heterocycles. The van der Waals surface area contributed by atoms with E-state index in [1.54, 1.807) is 6.92 Å². The Kier molecular flexibility index (Phi) is 3.61. The molecule has 2 unspecified atom stereocenters. The number of ether oxygens (including phenoxy) is 1. The highest BCUT2D eigenvalue weighted by atomic mass is 19.4. The molecule has 2 atom stereocenters. The summed E-state index contributed by atoms with van der Waals surface area (Å²) in [6.45, 7) is 2.36. The van der Waals surface area contributed by atoms with Gasteiger partial charge in [0.1, 0.15) is 5.66 Å². The third-order valence-electron chi connectivity index (χ3n) is 4.07. The lowest BCUT2D eigenvalue weighted by molar-refractivity contribution is -0.137. The zero-order valence-electron chi connectivity index (χ0n) is 12.4. The summed E-state index contributed by atoms with van der Waals surface area (Å²) >= 11 is 0. The molecule has 0 bridgehead atoms. The van der Waals surface area contributed by atoms with E-state index in [4.69, 9.17) is 16.2 Å². The number of hydrogen-bond acceptors (Lipinski definition) is 5. The lowest BCUT2D eigenvalue weighted by atomic mass is 9.86. The third kappa shape index (κ3) is 2.91. The monoisotopic (exact) mass is 326 g/mol. The van der Waals surface area contributed by atoms with Gasteiger partial charge in [0.2, 0.25) is 0 Å². The van der Waals surface area contributed by atoms with Gasteiger partial charge in [0.05, 0.1) is 18.8 Å². The van der Waals surface area contributed by atoms with Gasteiger partial charge in [0, 0.05) is 17.2 Å². The topological polar surface area (TPSA) is 85.7 Å². The second-order valence-electron chi connectivity index (χ2n) is 5.85. The first kappa shape index (κ1) is 15.8. The van der Waals surface area contributed by atoms with E-state index in [1.165, 1.54) is 12.1 Å². The predicted octanol–water partition coefficient (Wildman–Crippen LogP) is 1.67. The van der Waals surface area contributed by atoms with Crippen LogP contribution < -0.4 is 16.8 Å². The van der Waals surface area contributed by atoms with Gasteiger partial charge in [-0.15, -0.1) is 0 Å². The van der Waals surface area contributed by atoms with Gasteiger partial charge < -0.3 is 21.5 Å². The van der Waals surface area contributed by atoms with Crippen LogP contribution in [0.5, 0.6) is 0 Å². The number of hydrogen-bond donors (Lipinski definition) is 3. The molecule has 1 aromatic carbocycles. The van der Waals surface area contributed by atoms with Crippen molar-refractivity contribution in [1.82, 2.24) is 5.32 Å². The Hall–Kier alpha value is -2.06. The summed E-state index contributed by atoms with van der Waals surface area (Å²) in [5.41, 5.74) is 12.5. The molecule has 1 aromatic rings. The number of rotatable bonds is 1. The average Bonchev–Trinajstić information content (AvgIpc) is 2.45. The zero-order valence-corrected chi connectivity index (χ0v) is 12.4. The maximum absolute atomic E-state index is 12.7. The Bertz CT molecular complexity index is 677. The van der Waals surface area contributed by atoms with Crippen LogP contribution in [0.15, 0.2) is 40.5 Å². The molecule has 124 valence electrons. The normalized spacial score (nSPS) is 28.0. The van der Waals surface area contributed by atoms with Gasteiger partial charge in [-0.25, -0.2) is 4.99 Å². The Morgan fingerprint density at radius 1 is 1.30 bits per heavy atom. The molecule has 0 amide bonds. The highest BCUT2D eigenvalue weighted by molar-refractivity contribution is 5.82. The van der Waals surface area contributed by atoms with E-state index in [9.17, 15) is 13.2 Å². The Balaban J connectivity index is 1.97. The molecule has 5 nitrogen and oxygen atoms in total. The van der Waals surface area contributed by atoms with Crippen molar-refractivity contribution in [3.8, 4) is 0 Å². The van der Waals surface area contributed by atoms with E-state index in [2.05, 4.69) is 10.3 Å². The summed E-state index contributed by atoms with van der Waals surface area (Å²) in [6, 6.07) is 5.02. The molecule has 0 radical (unpaired) electrons. The minimum atomic E-state index is -4.36. The minimum Gasteiger partial charge on any atom is -0.376 e. The molecular weight excluding hydrogens is 309 g/mol. The van der Waals surface area contributed by atoms with Crippen molar-refractivity contribution in [3.05, 3.63) is 46.7 Å². The van der Waals surface area contributed by atoms with Gasteiger partial charge in [-0.3, -0.25) is 0 Å². The molecule has 0 spiro atoms. The second kappa shape index (κ2) is 5.24. The molecule has 3 rings (SSSR count). The summed E-state index contributed by atoms with van der Waals surface area (Å²) in [6.07, 6.45) is -4.36. The van der Waals surface area contributed by atoms with Crippen LogP contribution in [0, 0.1) is 0 Å². The van der Waals surface area contributed by atoms with Crippen LogP contribution in [0.4, 0.5) is 13.2 Å². The van der Waals surface area contributed by atoms with Crippen molar-refractivity contribution < 1.29 is 17.9 Å². The predicted molar refractivity (Wildman–Crippen MR) is 79.4 cm³/mol. The van der Waals surface area contributed by atoms with Crippen LogP contribution in [-0.2, 0) is 10.9 Å². The lowest BCUT2D eigenvalue weighted by Crippen LogP contribution is -2.52. The van der Waals surface area contributed by atoms with Gasteiger partial charge in [-0.05, 0) is 24.6 Å². The number of nitrogens with one attached hydrogen (secondary N) is 1. The van der Waals surface area contributed by atoms with Crippen LogP contribution in [0.25, 0.3) is 0 Å². The number of alkyl halides is 3. The summed E-state index contributed by atoms with van der Waals surface area (Å²) in [5.74, 6) is -0.0782. The minimum absolute atomic E-state index is 0.188. The van der Waals surface area contributed by atoms with Crippen LogP contribution >= 0.6 is 0 Å². The van der Waals surface area contributed by atoms with Crippen LogP contribution in [0.1, 0.15) is 24.0 Å². The third-order valence-corrected chi connectivity index (χ3v) is 4.07. The summed E-state index contributed by atoms with van der Waals surface area (Å²) in [4.78, 5) is 4.15. The van der Waals surface area contributed by atoms with Crippen LogP contribution in [0.2, 0.25) is 0 Å². The zero-order chi connectivity index (χ0) is 16.8. The molecular formula is C15H17F3N4O. The van der Waals surface area contributed by atoms with Gasteiger partial charge in [-0.2, -0.15) is 13.2 Å². The van der Waals surface area contributed by atoms with Crippen molar-refractivity contribution in [3.63, 3.8) is 0 Å². The first-order valence-corrected chi connectivity index (χ1v) is 7.08. The fourth-order valence-corrected chi connectivity index (χ4v) is 2.88. The number of benzene rings is 1. The maximum Gasteiger partial charge on any atom is 0.416 e. The fraction of sp³-hybridized carbons (Fsp3) is 0.400. The van der Waals surface area contributed by atoms with Gasteiger partial charge in [-0.1, -0.05) is 12.1 Å². The van der Waals surface area contributed by atoms with E-state index in [0.717, 1.165) is 23.4 Å². The van der Waals surface area contributed by atoms with Crippen LogP contribution in [-0.4, -0.2) is 24.8 Å².